The molecule has 0 spiro atoms. The summed E-state index contributed by atoms with van der Waals surface area (Å²) in [6.45, 7) is 3.75. The van der Waals surface area contributed by atoms with E-state index in [1.54, 1.807) is 23.3 Å². The first-order valence-electron chi connectivity index (χ1n) is 9.82. The molecule has 160 valence electrons. The number of hydrogen-bond acceptors (Lipinski definition) is 6. The predicted octanol–water partition coefficient (Wildman–Crippen LogP) is 2.41. The van der Waals surface area contributed by atoms with Crippen molar-refractivity contribution in [3.8, 4) is 11.3 Å². The van der Waals surface area contributed by atoms with Crippen molar-refractivity contribution in [3.63, 3.8) is 0 Å². The minimum Gasteiger partial charge on any atom is -0.388 e. The van der Waals surface area contributed by atoms with E-state index in [-0.39, 0.29) is 19.0 Å². The fourth-order valence-electron chi connectivity index (χ4n) is 3.59. The topological polar surface area (TPSA) is 70.3 Å². The van der Waals surface area contributed by atoms with Gasteiger partial charge in [-0.3, -0.25) is 14.6 Å². The monoisotopic (exact) mass is 432 g/mol. The molecule has 4 rings (SSSR count). The Hall–Kier alpha value is -2.55. The van der Waals surface area contributed by atoms with Crippen molar-refractivity contribution in [1.82, 2.24) is 24.6 Å². The van der Waals surface area contributed by atoms with Gasteiger partial charge in [0, 0.05) is 62.4 Å². The van der Waals surface area contributed by atoms with Gasteiger partial charge in [0.2, 0.25) is 0 Å². The highest BCUT2D eigenvalue weighted by Crippen LogP contribution is 2.27. The number of hydrogen-bond donors (Lipinski definition) is 1. The molecule has 2 aromatic heterocycles. The minimum absolute atomic E-state index is 0. The Kier molecular flexibility index (Phi) is 7.73. The summed E-state index contributed by atoms with van der Waals surface area (Å²) in [6, 6.07) is 10.1. The fraction of sp³-hybridized carbons (Fsp3) is 0.381. The molecule has 1 N–H and O–H groups in total. The molecule has 1 aliphatic rings. The molecule has 1 aliphatic heterocycles. The zero-order chi connectivity index (χ0) is 20.1. The maximum absolute atomic E-state index is 12.5. The lowest BCUT2D eigenvalue weighted by molar-refractivity contribution is 0.118. The highest BCUT2D eigenvalue weighted by molar-refractivity contribution is 5.85. The summed E-state index contributed by atoms with van der Waals surface area (Å²) in [4.78, 5) is 13.8. The van der Waals surface area contributed by atoms with Crippen LogP contribution in [0.5, 0.6) is 0 Å². The molecular formula is C21H26ClFN6O. The molecule has 0 unspecified atom stereocenters. The summed E-state index contributed by atoms with van der Waals surface area (Å²) in [5.74, 6) is 0.923. The van der Waals surface area contributed by atoms with Gasteiger partial charge in [-0.2, -0.15) is 5.10 Å². The third-order valence-corrected chi connectivity index (χ3v) is 5.07. The van der Waals surface area contributed by atoms with E-state index in [0.717, 1.165) is 55.4 Å². The number of rotatable bonds is 7. The molecule has 1 aromatic carbocycles. The normalized spacial score (nSPS) is 15.6. The van der Waals surface area contributed by atoms with Crippen LogP contribution in [0.25, 0.3) is 11.3 Å². The summed E-state index contributed by atoms with van der Waals surface area (Å²) in [5.41, 5.74) is 3.05. The van der Waals surface area contributed by atoms with Crippen molar-refractivity contribution in [2.24, 2.45) is 0 Å². The second-order valence-electron chi connectivity index (χ2n) is 7.24. The van der Waals surface area contributed by atoms with Crippen LogP contribution in [0.4, 0.5) is 10.2 Å². The van der Waals surface area contributed by atoms with Gasteiger partial charge in [0.25, 0.3) is 0 Å². The van der Waals surface area contributed by atoms with E-state index < -0.39 is 12.8 Å². The average Bonchev–Trinajstić information content (AvgIpc) is 3.21. The predicted molar refractivity (Wildman–Crippen MR) is 116 cm³/mol. The first-order chi connectivity index (χ1) is 14.2. The summed E-state index contributed by atoms with van der Waals surface area (Å²) in [6.07, 6.45) is 6.14. The van der Waals surface area contributed by atoms with E-state index >= 15 is 0 Å². The molecule has 1 fully saturated rings. The van der Waals surface area contributed by atoms with Crippen molar-refractivity contribution in [1.29, 1.82) is 0 Å². The lowest BCUT2D eigenvalue weighted by atomic mass is 10.1. The number of benzene rings is 1. The highest BCUT2D eigenvalue weighted by Gasteiger charge is 2.21. The lowest BCUT2D eigenvalue weighted by Gasteiger charge is -2.35. The number of aromatic nitrogens is 4. The Bertz CT molecular complexity index is 917. The van der Waals surface area contributed by atoms with E-state index in [9.17, 15) is 9.50 Å². The van der Waals surface area contributed by atoms with E-state index in [1.165, 1.54) is 0 Å². The molecule has 3 aromatic rings. The Morgan fingerprint density at radius 1 is 1.03 bits per heavy atom. The van der Waals surface area contributed by atoms with Gasteiger partial charge in [-0.05, 0) is 0 Å². The average molecular weight is 433 g/mol. The molecule has 0 radical (unpaired) electrons. The maximum atomic E-state index is 12.5. The zero-order valence-electron chi connectivity index (χ0n) is 16.6. The summed E-state index contributed by atoms with van der Waals surface area (Å²) >= 11 is 0. The van der Waals surface area contributed by atoms with Crippen molar-refractivity contribution in [3.05, 3.63) is 60.7 Å². The van der Waals surface area contributed by atoms with E-state index in [4.69, 9.17) is 0 Å². The van der Waals surface area contributed by atoms with Crippen LogP contribution in [0, 0.1) is 0 Å². The van der Waals surface area contributed by atoms with Crippen LogP contribution in [0.1, 0.15) is 5.56 Å². The fourth-order valence-corrected chi connectivity index (χ4v) is 3.59. The second-order valence-corrected chi connectivity index (χ2v) is 7.24. The number of aliphatic hydroxyl groups excluding tert-OH is 1. The SMILES string of the molecule is Cl.O[C@@H](CF)Cn1cc(CN2CCN(c3nccnc3-c3ccccc3)CC2)cn1. The summed E-state index contributed by atoms with van der Waals surface area (Å²) < 4.78 is 14.1. The third kappa shape index (κ3) is 5.33. The van der Waals surface area contributed by atoms with Crippen LogP contribution in [-0.4, -0.2) is 68.7 Å². The van der Waals surface area contributed by atoms with Crippen molar-refractivity contribution >= 4 is 18.2 Å². The molecular weight excluding hydrogens is 407 g/mol. The van der Waals surface area contributed by atoms with E-state index in [0.29, 0.717) is 0 Å². The highest BCUT2D eigenvalue weighted by atomic mass is 35.5. The zero-order valence-corrected chi connectivity index (χ0v) is 17.5. The number of aliphatic hydroxyl groups is 1. The number of alkyl halides is 1. The number of anilines is 1. The molecule has 9 heteroatoms. The first-order valence-corrected chi connectivity index (χ1v) is 9.82. The molecule has 30 heavy (non-hydrogen) atoms. The van der Waals surface area contributed by atoms with Gasteiger partial charge in [0.15, 0.2) is 5.82 Å². The standard InChI is InChI=1S/C21H25FN6O.ClH/c22-12-19(29)16-28-15-17(13-25-28)14-26-8-10-27(11-9-26)21-20(23-6-7-24-21)18-4-2-1-3-5-18;/h1-7,13,15,19,29H,8-12,14,16H2;1H/t19-;/m0./s1. The van der Waals surface area contributed by atoms with Gasteiger partial charge < -0.3 is 10.0 Å². The lowest BCUT2D eigenvalue weighted by Crippen LogP contribution is -2.46. The Morgan fingerprint density at radius 2 is 1.77 bits per heavy atom. The van der Waals surface area contributed by atoms with Crippen molar-refractivity contribution in [2.75, 3.05) is 37.8 Å². The summed E-state index contributed by atoms with van der Waals surface area (Å²) in [5, 5.41) is 13.6. The Balaban J connectivity index is 0.00000256. The second kappa shape index (κ2) is 10.5. The van der Waals surface area contributed by atoms with Crippen LogP contribution < -0.4 is 4.90 Å². The molecule has 0 amide bonds. The van der Waals surface area contributed by atoms with Crippen molar-refractivity contribution < 1.29 is 9.50 Å². The number of piperazine rings is 1. The van der Waals surface area contributed by atoms with E-state index in [2.05, 4.69) is 37.0 Å². The van der Waals surface area contributed by atoms with Crippen LogP contribution >= 0.6 is 12.4 Å². The molecule has 0 saturated carbocycles. The largest absolute Gasteiger partial charge is 0.388 e. The molecule has 0 bridgehead atoms. The molecule has 1 atom stereocenters. The molecule has 3 heterocycles. The van der Waals surface area contributed by atoms with Gasteiger partial charge in [-0.25, -0.2) is 9.37 Å². The van der Waals surface area contributed by atoms with Crippen LogP contribution in [0.2, 0.25) is 0 Å². The van der Waals surface area contributed by atoms with Crippen LogP contribution in [0.3, 0.4) is 0 Å². The molecule has 1 saturated heterocycles. The van der Waals surface area contributed by atoms with E-state index in [1.807, 2.05) is 24.4 Å². The van der Waals surface area contributed by atoms with Crippen LogP contribution in [0.15, 0.2) is 55.1 Å². The number of halogens is 2. The minimum atomic E-state index is -1.00. The van der Waals surface area contributed by atoms with Gasteiger partial charge in [0.05, 0.1) is 12.7 Å². The van der Waals surface area contributed by atoms with Gasteiger partial charge in [0.1, 0.15) is 18.5 Å². The third-order valence-electron chi connectivity index (χ3n) is 5.07. The Morgan fingerprint density at radius 3 is 2.50 bits per heavy atom. The summed E-state index contributed by atoms with van der Waals surface area (Å²) in [7, 11) is 0. The van der Waals surface area contributed by atoms with Crippen molar-refractivity contribution in [2.45, 2.75) is 19.2 Å². The van der Waals surface area contributed by atoms with Crippen LogP contribution in [-0.2, 0) is 13.1 Å². The molecule has 0 aliphatic carbocycles. The smallest absolute Gasteiger partial charge is 0.155 e. The quantitative estimate of drug-likeness (QED) is 0.618. The van der Waals surface area contributed by atoms with Gasteiger partial charge in [-0.15, -0.1) is 12.4 Å². The van der Waals surface area contributed by atoms with Gasteiger partial charge in [-0.1, -0.05) is 30.3 Å². The molecule has 7 nitrogen and oxygen atoms in total. The Labute approximate surface area is 181 Å². The number of nitrogens with zero attached hydrogens (tertiary/aromatic N) is 6. The first kappa shape index (κ1) is 22.1. The maximum Gasteiger partial charge on any atom is 0.155 e. The van der Waals surface area contributed by atoms with Gasteiger partial charge >= 0.3 is 0 Å².